The molecule has 1 fully saturated rings. The van der Waals surface area contributed by atoms with E-state index in [-0.39, 0.29) is 24.1 Å². The van der Waals surface area contributed by atoms with Gasteiger partial charge in [-0.3, -0.25) is 4.79 Å². The molecule has 4 rings (SSSR count). The molecule has 0 spiro atoms. The van der Waals surface area contributed by atoms with Crippen molar-refractivity contribution in [3.05, 3.63) is 47.0 Å². The first kappa shape index (κ1) is 20.8. The molecule has 7 heteroatoms. The van der Waals surface area contributed by atoms with Crippen molar-refractivity contribution in [2.75, 3.05) is 26.7 Å². The van der Waals surface area contributed by atoms with Crippen LogP contribution in [-0.4, -0.2) is 47.3 Å². The van der Waals surface area contributed by atoms with Gasteiger partial charge in [-0.2, -0.15) is 5.10 Å². The zero-order valence-corrected chi connectivity index (χ0v) is 17.1. The van der Waals surface area contributed by atoms with E-state index < -0.39 is 0 Å². The Hall–Kier alpha value is -1.92. The van der Waals surface area contributed by atoms with Crippen molar-refractivity contribution in [1.29, 1.82) is 0 Å². The van der Waals surface area contributed by atoms with Crippen LogP contribution in [0.25, 0.3) is 5.69 Å². The summed E-state index contributed by atoms with van der Waals surface area (Å²) in [5.74, 6) is 0.387. The summed E-state index contributed by atoms with van der Waals surface area (Å²) in [5, 5.41) is 7.78. The molecular formula is C21H28ClFN4O. The number of fused-ring (bicyclic) bond motifs is 1. The van der Waals surface area contributed by atoms with Crippen LogP contribution in [0, 0.1) is 11.7 Å². The largest absolute Gasteiger partial charge is 0.337 e. The zero-order valence-electron chi connectivity index (χ0n) is 16.3. The minimum Gasteiger partial charge on any atom is -0.337 e. The number of hydrogen-bond donors (Lipinski definition) is 1. The molecular weight excluding hydrogens is 379 g/mol. The van der Waals surface area contributed by atoms with Gasteiger partial charge in [0.1, 0.15) is 11.5 Å². The first-order chi connectivity index (χ1) is 13.2. The van der Waals surface area contributed by atoms with Crippen LogP contribution < -0.4 is 5.32 Å². The van der Waals surface area contributed by atoms with E-state index in [0.717, 1.165) is 69.4 Å². The molecule has 152 valence electrons. The Morgan fingerprint density at radius 2 is 2.00 bits per heavy atom. The summed E-state index contributed by atoms with van der Waals surface area (Å²) in [4.78, 5) is 15.1. The van der Waals surface area contributed by atoms with E-state index in [9.17, 15) is 9.18 Å². The Morgan fingerprint density at radius 1 is 1.25 bits per heavy atom. The summed E-state index contributed by atoms with van der Waals surface area (Å²) in [6.07, 6.45) is 5.94. The maximum atomic E-state index is 14.3. The van der Waals surface area contributed by atoms with Crippen molar-refractivity contribution in [2.45, 2.75) is 38.5 Å². The lowest BCUT2D eigenvalue weighted by atomic mass is 9.93. The number of aromatic nitrogens is 2. The van der Waals surface area contributed by atoms with Gasteiger partial charge < -0.3 is 10.2 Å². The van der Waals surface area contributed by atoms with Crippen LogP contribution in [-0.2, 0) is 12.8 Å². The molecule has 1 aliphatic carbocycles. The van der Waals surface area contributed by atoms with Gasteiger partial charge in [0.25, 0.3) is 5.91 Å². The smallest absolute Gasteiger partial charge is 0.274 e. The van der Waals surface area contributed by atoms with E-state index in [1.165, 1.54) is 6.07 Å². The molecule has 0 bridgehead atoms. The monoisotopic (exact) mass is 406 g/mol. The molecule has 1 aliphatic heterocycles. The van der Waals surface area contributed by atoms with Crippen LogP contribution in [0.1, 0.15) is 47.4 Å². The van der Waals surface area contributed by atoms with Crippen LogP contribution in [0.4, 0.5) is 4.39 Å². The van der Waals surface area contributed by atoms with Crippen LogP contribution in [0.5, 0.6) is 0 Å². The summed E-state index contributed by atoms with van der Waals surface area (Å²) in [6.45, 7) is 2.60. The average Bonchev–Trinajstić information content (AvgIpc) is 3.30. The second kappa shape index (κ2) is 9.05. The number of amides is 1. The molecule has 0 radical (unpaired) electrons. The molecule has 2 aliphatic rings. The van der Waals surface area contributed by atoms with Gasteiger partial charge in [-0.05, 0) is 70.2 Å². The van der Waals surface area contributed by atoms with E-state index >= 15 is 0 Å². The fourth-order valence-electron chi connectivity index (χ4n) is 4.35. The number of hydrogen-bond acceptors (Lipinski definition) is 3. The van der Waals surface area contributed by atoms with Crippen LogP contribution in [0.15, 0.2) is 24.3 Å². The molecule has 5 nitrogen and oxygen atoms in total. The molecule has 1 amide bonds. The minimum absolute atomic E-state index is 0. The van der Waals surface area contributed by atoms with E-state index in [1.807, 2.05) is 11.9 Å². The predicted molar refractivity (Wildman–Crippen MR) is 110 cm³/mol. The van der Waals surface area contributed by atoms with Crippen molar-refractivity contribution in [3.63, 3.8) is 0 Å². The van der Waals surface area contributed by atoms with Gasteiger partial charge in [0.15, 0.2) is 5.69 Å². The highest BCUT2D eigenvalue weighted by molar-refractivity contribution is 5.94. The third kappa shape index (κ3) is 3.94. The summed E-state index contributed by atoms with van der Waals surface area (Å²) >= 11 is 0. The fourth-order valence-corrected chi connectivity index (χ4v) is 4.35. The second-order valence-electron chi connectivity index (χ2n) is 7.62. The fraction of sp³-hybridized carbons (Fsp3) is 0.524. The number of piperidine rings is 1. The van der Waals surface area contributed by atoms with Crippen LogP contribution >= 0.6 is 12.4 Å². The molecule has 0 atom stereocenters. The van der Waals surface area contributed by atoms with Crippen molar-refractivity contribution in [1.82, 2.24) is 20.0 Å². The average molecular weight is 407 g/mol. The topological polar surface area (TPSA) is 50.2 Å². The Balaban J connectivity index is 0.00000225. The number of carbonyl (C=O) groups is 1. The molecule has 1 N–H and O–H groups in total. The van der Waals surface area contributed by atoms with Gasteiger partial charge in [0.05, 0.1) is 0 Å². The number of rotatable bonds is 5. The second-order valence-corrected chi connectivity index (χ2v) is 7.62. The van der Waals surface area contributed by atoms with Crippen molar-refractivity contribution in [3.8, 4) is 5.69 Å². The number of nitrogens with zero attached hydrogens (tertiary/aromatic N) is 3. The van der Waals surface area contributed by atoms with Crippen molar-refractivity contribution < 1.29 is 9.18 Å². The summed E-state index contributed by atoms with van der Waals surface area (Å²) in [5.41, 5.74) is 2.97. The molecule has 2 aromatic rings. The lowest BCUT2D eigenvalue weighted by molar-refractivity contribution is 0.0679. The molecule has 1 aromatic carbocycles. The van der Waals surface area contributed by atoms with Gasteiger partial charge >= 0.3 is 0 Å². The van der Waals surface area contributed by atoms with E-state index in [4.69, 9.17) is 0 Å². The van der Waals surface area contributed by atoms with Crippen LogP contribution in [0.3, 0.4) is 0 Å². The number of likely N-dealkylation sites (tertiary alicyclic amines) is 1. The summed E-state index contributed by atoms with van der Waals surface area (Å²) in [6, 6.07) is 6.64. The van der Waals surface area contributed by atoms with E-state index in [2.05, 4.69) is 10.4 Å². The Morgan fingerprint density at radius 3 is 2.71 bits per heavy atom. The molecule has 2 heterocycles. The number of carbonyl (C=O) groups excluding carboxylic acids is 1. The number of halogens is 2. The predicted octanol–water partition coefficient (Wildman–Crippen LogP) is 3.38. The quantitative estimate of drug-likeness (QED) is 0.828. The Bertz CT molecular complexity index is 830. The molecule has 0 unspecified atom stereocenters. The highest BCUT2D eigenvalue weighted by atomic mass is 35.5. The standard InChI is InChI=1S/C21H27FN4O.ClH/c1-23-12-9-15-10-13-25(14-11-15)21(27)20-16-5-4-8-18(16)26(24-20)19-7-3-2-6-17(19)22;/h2-3,6-7,15,23H,4-5,8-14H2,1H3;1H. The molecule has 1 saturated heterocycles. The first-order valence-corrected chi connectivity index (χ1v) is 9.98. The van der Waals surface area contributed by atoms with Gasteiger partial charge in [-0.15, -0.1) is 12.4 Å². The normalized spacial score (nSPS) is 16.7. The SMILES string of the molecule is CNCCC1CCN(C(=O)c2nn(-c3ccccc3F)c3c2CCC3)CC1.Cl. The number of para-hydroxylation sites is 1. The number of nitrogens with one attached hydrogen (secondary N) is 1. The minimum atomic E-state index is -0.306. The Labute approximate surface area is 171 Å². The highest BCUT2D eigenvalue weighted by Crippen LogP contribution is 2.30. The molecule has 28 heavy (non-hydrogen) atoms. The van der Waals surface area contributed by atoms with Crippen molar-refractivity contribution >= 4 is 18.3 Å². The third-order valence-corrected chi connectivity index (χ3v) is 5.92. The third-order valence-electron chi connectivity index (χ3n) is 5.92. The zero-order chi connectivity index (χ0) is 18.8. The summed E-state index contributed by atoms with van der Waals surface area (Å²) in [7, 11) is 1.98. The van der Waals surface area contributed by atoms with E-state index in [0.29, 0.717) is 17.3 Å². The lowest BCUT2D eigenvalue weighted by Gasteiger charge is -2.31. The van der Waals surface area contributed by atoms with Crippen molar-refractivity contribution in [2.24, 2.45) is 5.92 Å². The highest BCUT2D eigenvalue weighted by Gasteiger charge is 2.31. The van der Waals surface area contributed by atoms with E-state index in [1.54, 1.807) is 22.9 Å². The maximum absolute atomic E-state index is 14.3. The lowest BCUT2D eigenvalue weighted by Crippen LogP contribution is -2.39. The van der Waals surface area contributed by atoms with Gasteiger partial charge in [0.2, 0.25) is 0 Å². The Kier molecular flexibility index (Phi) is 6.73. The molecule has 1 aromatic heterocycles. The summed E-state index contributed by atoms with van der Waals surface area (Å²) < 4.78 is 15.9. The molecule has 0 saturated carbocycles. The van der Waals surface area contributed by atoms with Gasteiger partial charge in [-0.1, -0.05) is 12.1 Å². The van der Waals surface area contributed by atoms with Gasteiger partial charge in [0, 0.05) is 24.3 Å². The maximum Gasteiger partial charge on any atom is 0.274 e. The first-order valence-electron chi connectivity index (χ1n) is 9.98. The number of benzene rings is 1. The van der Waals surface area contributed by atoms with Gasteiger partial charge in [-0.25, -0.2) is 9.07 Å². The van der Waals surface area contributed by atoms with Crippen LogP contribution in [0.2, 0.25) is 0 Å².